The molecule has 0 saturated heterocycles. The number of rotatable bonds is 4. The predicted octanol–water partition coefficient (Wildman–Crippen LogP) is 1.88. The Morgan fingerprint density at radius 1 is 1.33 bits per heavy atom. The minimum atomic E-state index is 0.395. The van der Waals surface area contributed by atoms with E-state index in [2.05, 4.69) is 27.6 Å². The van der Waals surface area contributed by atoms with Gasteiger partial charge >= 0.3 is 0 Å². The number of fused-ring (bicyclic) bond motifs is 1. The fraction of sp³-hybridized carbons (Fsp3) is 0.385. The van der Waals surface area contributed by atoms with E-state index in [4.69, 9.17) is 9.26 Å². The van der Waals surface area contributed by atoms with Gasteiger partial charge in [0.1, 0.15) is 6.61 Å². The molecule has 0 saturated carbocycles. The number of ether oxygens (including phenoxy) is 1. The van der Waals surface area contributed by atoms with Crippen LogP contribution in [0.25, 0.3) is 11.5 Å². The zero-order valence-corrected chi connectivity index (χ0v) is 10.3. The van der Waals surface area contributed by atoms with Crippen molar-refractivity contribution in [3.05, 3.63) is 35.2 Å². The molecular weight excluding hydrogens is 230 g/mol. The van der Waals surface area contributed by atoms with Crippen LogP contribution in [-0.4, -0.2) is 16.7 Å². The van der Waals surface area contributed by atoms with Crippen molar-refractivity contribution >= 4 is 0 Å². The van der Waals surface area contributed by atoms with Crippen molar-refractivity contribution < 1.29 is 9.26 Å². The lowest BCUT2D eigenvalue weighted by Crippen LogP contribution is -1.99. The van der Waals surface area contributed by atoms with Crippen LogP contribution in [0, 0.1) is 0 Å². The van der Waals surface area contributed by atoms with E-state index in [0.29, 0.717) is 24.9 Å². The molecule has 2 aromatic rings. The summed E-state index contributed by atoms with van der Waals surface area (Å²) >= 11 is 0. The smallest absolute Gasteiger partial charge is 0.258 e. The van der Waals surface area contributed by atoms with Crippen molar-refractivity contribution in [1.82, 2.24) is 15.5 Å². The summed E-state index contributed by atoms with van der Waals surface area (Å²) in [7, 11) is 0. The Hall–Kier alpha value is -1.72. The summed E-state index contributed by atoms with van der Waals surface area (Å²) in [5.41, 5.74) is 3.61. The lowest BCUT2D eigenvalue weighted by molar-refractivity contribution is 0.126. The van der Waals surface area contributed by atoms with Gasteiger partial charge in [0.15, 0.2) is 5.82 Å². The molecule has 0 unspecified atom stereocenters. The monoisotopic (exact) mass is 245 g/mol. The summed E-state index contributed by atoms with van der Waals surface area (Å²) in [5, 5.41) is 7.21. The molecule has 0 bridgehead atoms. The molecule has 1 N–H and O–H groups in total. The molecule has 0 atom stereocenters. The Morgan fingerprint density at radius 2 is 2.22 bits per heavy atom. The summed E-state index contributed by atoms with van der Waals surface area (Å²) in [6.45, 7) is 4.83. The average Bonchev–Trinajstić information content (AvgIpc) is 3.04. The quantitative estimate of drug-likeness (QED) is 0.891. The van der Waals surface area contributed by atoms with Crippen LogP contribution in [0.2, 0.25) is 0 Å². The van der Waals surface area contributed by atoms with Crippen LogP contribution in [0.1, 0.15) is 23.9 Å². The van der Waals surface area contributed by atoms with Gasteiger partial charge in [-0.05, 0) is 30.2 Å². The summed E-state index contributed by atoms with van der Waals surface area (Å²) in [4.78, 5) is 4.32. The van der Waals surface area contributed by atoms with Gasteiger partial charge in [-0.1, -0.05) is 11.2 Å². The van der Waals surface area contributed by atoms with Crippen LogP contribution >= 0.6 is 0 Å². The number of hydrogen-bond donors (Lipinski definition) is 1. The number of nitrogens with zero attached hydrogens (tertiary/aromatic N) is 2. The second-order valence-corrected chi connectivity index (χ2v) is 4.24. The van der Waals surface area contributed by atoms with Gasteiger partial charge in [0, 0.05) is 25.3 Å². The Labute approximate surface area is 105 Å². The first-order chi connectivity index (χ1) is 8.86. The van der Waals surface area contributed by atoms with Crippen LogP contribution in [0.15, 0.2) is 22.7 Å². The third-order valence-electron chi connectivity index (χ3n) is 2.99. The number of aromatic nitrogens is 2. The molecular formula is C13H15N3O2. The van der Waals surface area contributed by atoms with E-state index in [1.165, 1.54) is 11.1 Å². The lowest BCUT2D eigenvalue weighted by atomic mass is 10.1. The van der Waals surface area contributed by atoms with Crippen LogP contribution < -0.4 is 5.32 Å². The maximum Gasteiger partial charge on any atom is 0.258 e. The summed E-state index contributed by atoms with van der Waals surface area (Å²) < 4.78 is 10.5. The van der Waals surface area contributed by atoms with E-state index in [1.807, 2.05) is 13.0 Å². The Balaban J connectivity index is 1.83. The fourth-order valence-corrected chi connectivity index (χ4v) is 2.05. The molecule has 1 aliphatic heterocycles. The molecule has 1 aliphatic rings. The summed E-state index contributed by atoms with van der Waals surface area (Å²) in [6.07, 6.45) is 0. The van der Waals surface area contributed by atoms with Gasteiger partial charge in [0.25, 0.3) is 5.89 Å². The van der Waals surface area contributed by atoms with E-state index in [0.717, 1.165) is 18.7 Å². The summed E-state index contributed by atoms with van der Waals surface area (Å²) in [5.74, 6) is 1.14. The topological polar surface area (TPSA) is 60.2 Å². The Kier molecular flexibility index (Phi) is 3.08. The minimum absolute atomic E-state index is 0.395. The van der Waals surface area contributed by atoms with Crippen molar-refractivity contribution in [1.29, 1.82) is 0 Å². The Morgan fingerprint density at radius 3 is 3.11 bits per heavy atom. The molecule has 1 aromatic heterocycles. The predicted molar refractivity (Wildman–Crippen MR) is 65.6 cm³/mol. The second-order valence-electron chi connectivity index (χ2n) is 4.24. The fourth-order valence-electron chi connectivity index (χ4n) is 2.05. The first kappa shape index (κ1) is 11.4. The molecule has 3 rings (SSSR count). The third kappa shape index (κ3) is 2.14. The maximum atomic E-state index is 5.25. The maximum absolute atomic E-state index is 5.25. The molecule has 94 valence electrons. The largest absolute Gasteiger partial charge is 0.374 e. The molecule has 5 nitrogen and oxygen atoms in total. The van der Waals surface area contributed by atoms with Gasteiger partial charge in [-0.2, -0.15) is 4.98 Å². The molecule has 1 aromatic carbocycles. The second kappa shape index (κ2) is 4.88. The van der Waals surface area contributed by atoms with Gasteiger partial charge in [-0.15, -0.1) is 0 Å². The van der Waals surface area contributed by atoms with Crippen LogP contribution in [-0.2, 0) is 24.4 Å². The zero-order chi connectivity index (χ0) is 12.4. The van der Waals surface area contributed by atoms with E-state index in [-0.39, 0.29) is 0 Å². The first-order valence-electron chi connectivity index (χ1n) is 6.10. The molecule has 18 heavy (non-hydrogen) atoms. The van der Waals surface area contributed by atoms with E-state index < -0.39 is 0 Å². The minimum Gasteiger partial charge on any atom is -0.374 e. The van der Waals surface area contributed by atoms with E-state index in [9.17, 15) is 0 Å². The molecule has 5 heteroatoms. The molecule has 0 radical (unpaired) electrons. The first-order valence-corrected chi connectivity index (χ1v) is 6.10. The van der Waals surface area contributed by atoms with Crippen molar-refractivity contribution in [3.63, 3.8) is 0 Å². The standard InChI is InChI=1S/C13H15N3O2/c1-2-17-8-12-15-13(18-16-12)9-3-4-10-6-14-7-11(10)5-9/h3-5,14H,2,6-8H2,1H3. The zero-order valence-electron chi connectivity index (χ0n) is 10.3. The van der Waals surface area contributed by atoms with Gasteiger partial charge in [-0.3, -0.25) is 0 Å². The highest BCUT2D eigenvalue weighted by atomic mass is 16.5. The number of hydrogen-bond acceptors (Lipinski definition) is 5. The van der Waals surface area contributed by atoms with Crippen LogP contribution in [0.3, 0.4) is 0 Å². The molecule has 0 spiro atoms. The number of benzene rings is 1. The average molecular weight is 245 g/mol. The summed E-state index contributed by atoms with van der Waals surface area (Å²) in [6, 6.07) is 6.23. The Bertz CT molecular complexity index is 551. The lowest BCUT2D eigenvalue weighted by Gasteiger charge is -1.99. The highest BCUT2D eigenvalue weighted by Gasteiger charge is 2.14. The van der Waals surface area contributed by atoms with Gasteiger partial charge in [0.05, 0.1) is 0 Å². The van der Waals surface area contributed by atoms with Crippen molar-refractivity contribution in [2.24, 2.45) is 0 Å². The van der Waals surface area contributed by atoms with Gasteiger partial charge in [-0.25, -0.2) is 0 Å². The molecule has 0 fully saturated rings. The van der Waals surface area contributed by atoms with Crippen LogP contribution in [0.4, 0.5) is 0 Å². The van der Waals surface area contributed by atoms with E-state index in [1.54, 1.807) is 0 Å². The van der Waals surface area contributed by atoms with Gasteiger partial charge < -0.3 is 14.6 Å². The highest BCUT2D eigenvalue weighted by Crippen LogP contribution is 2.23. The van der Waals surface area contributed by atoms with E-state index >= 15 is 0 Å². The molecule has 0 aliphatic carbocycles. The van der Waals surface area contributed by atoms with Crippen molar-refractivity contribution in [3.8, 4) is 11.5 Å². The van der Waals surface area contributed by atoms with Crippen molar-refractivity contribution in [2.75, 3.05) is 6.61 Å². The number of nitrogens with one attached hydrogen (secondary N) is 1. The normalized spacial score (nSPS) is 13.8. The molecule has 0 amide bonds. The highest BCUT2D eigenvalue weighted by molar-refractivity contribution is 5.56. The van der Waals surface area contributed by atoms with Crippen molar-refractivity contribution in [2.45, 2.75) is 26.6 Å². The third-order valence-corrected chi connectivity index (χ3v) is 2.99. The van der Waals surface area contributed by atoms with Gasteiger partial charge in [0.2, 0.25) is 0 Å². The van der Waals surface area contributed by atoms with Crippen LogP contribution in [0.5, 0.6) is 0 Å². The SMILES string of the molecule is CCOCc1noc(-c2ccc3c(c2)CNC3)n1. The molecule has 2 heterocycles.